The van der Waals surface area contributed by atoms with Crippen LogP contribution in [0, 0.1) is 0 Å². The van der Waals surface area contributed by atoms with Crippen molar-refractivity contribution < 1.29 is 4.79 Å². The molecule has 0 saturated carbocycles. The molecule has 66 valence electrons. The predicted molar refractivity (Wildman–Crippen MR) is 46.2 cm³/mol. The second-order valence-electron chi connectivity index (χ2n) is 2.76. The molecule has 0 aliphatic carbocycles. The number of rotatable bonds is 4. The van der Waals surface area contributed by atoms with E-state index in [4.69, 9.17) is 5.73 Å². The fourth-order valence-electron chi connectivity index (χ4n) is 0.979. The summed E-state index contributed by atoms with van der Waals surface area (Å²) in [4.78, 5) is 12.9. The molecule has 0 bridgehead atoms. The van der Waals surface area contributed by atoms with Gasteiger partial charge in [0, 0.05) is 25.6 Å². The van der Waals surface area contributed by atoms with Crippen LogP contribution in [0.3, 0.4) is 0 Å². The van der Waals surface area contributed by atoms with Crippen molar-refractivity contribution in [2.45, 2.75) is 33.2 Å². The van der Waals surface area contributed by atoms with Crippen molar-refractivity contribution in [1.82, 2.24) is 4.90 Å². The van der Waals surface area contributed by atoms with Gasteiger partial charge in [0.25, 0.3) is 0 Å². The fraction of sp³-hybridized carbons (Fsp3) is 0.875. The van der Waals surface area contributed by atoms with E-state index in [1.807, 2.05) is 20.8 Å². The van der Waals surface area contributed by atoms with Gasteiger partial charge in [0.15, 0.2) is 0 Å². The molecular weight excluding hydrogens is 140 g/mol. The molecule has 3 heteroatoms. The SMILES string of the molecule is CCC(=O)N(CC)CC(C)N. The topological polar surface area (TPSA) is 46.3 Å². The van der Waals surface area contributed by atoms with E-state index < -0.39 is 0 Å². The van der Waals surface area contributed by atoms with Gasteiger partial charge in [0.1, 0.15) is 0 Å². The van der Waals surface area contributed by atoms with Crippen molar-refractivity contribution in [2.24, 2.45) is 5.73 Å². The molecular formula is C8H18N2O. The lowest BCUT2D eigenvalue weighted by molar-refractivity contribution is -0.130. The third-order valence-electron chi connectivity index (χ3n) is 1.55. The van der Waals surface area contributed by atoms with Gasteiger partial charge >= 0.3 is 0 Å². The van der Waals surface area contributed by atoms with Crippen molar-refractivity contribution in [3.63, 3.8) is 0 Å². The van der Waals surface area contributed by atoms with Crippen molar-refractivity contribution >= 4 is 5.91 Å². The first-order chi connectivity index (χ1) is 5.11. The van der Waals surface area contributed by atoms with Crippen LogP contribution in [-0.2, 0) is 4.79 Å². The van der Waals surface area contributed by atoms with Gasteiger partial charge in [0.2, 0.25) is 5.91 Å². The van der Waals surface area contributed by atoms with Crippen molar-refractivity contribution in [3.8, 4) is 0 Å². The highest BCUT2D eigenvalue weighted by molar-refractivity contribution is 5.75. The van der Waals surface area contributed by atoms with Gasteiger partial charge in [-0.3, -0.25) is 4.79 Å². The van der Waals surface area contributed by atoms with Gasteiger partial charge in [-0.25, -0.2) is 0 Å². The van der Waals surface area contributed by atoms with Gasteiger partial charge in [-0.2, -0.15) is 0 Å². The summed E-state index contributed by atoms with van der Waals surface area (Å²) >= 11 is 0. The molecule has 0 radical (unpaired) electrons. The van der Waals surface area contributed by atoms with Crippen molar-refractivity contribution in [1.29, 1.82) is 0 Å². The lowest BCUT2D eigenvalue weighted by Crippen LogP contribution is -2.39. The van der Waals surface area contributed by atoms with Crippen LogP contribution in [0.1, 0.15) is 27.2 Å². The van der Waals surface area contributed by atoms with Crippen LogP contribution in [0.2, 0.25) is 0 Å². The molecule has 2 N–H and O–H groups in total. The van der Waals surface area contributed by atoms with E-state index in [-0.39, 0.29) is 11.9 Å². The molecule has 1 unspecified atom stereocenters. The van der Waals surface area contributed by atoms with Crippen LogP contribution in [0.25, 0.3) is 0 Å². The third kappa shape index (κ3) is 3.98. The monoisotopic (exact) mass is 158 g/mol. The summed E-state index contributed by atoms with van der Waals surface area (Å²) in [5, 5.41) is 0. The van der Waals surface area contributed by atoms with Crippen molar-refractivity contribution in [3.05, 3.63) is 0 Å². The summed E-state index contributed by atoms with van der Waals surface area (Å²) in [5.41, 5.74) is 5.57. The summed E-state index contributed by atoms with van der Waals surface area (Å²) in [7, 11) is 0. The lowest BCUT2D eigenvalue weighted by atomic mass is 10.3. The van der Waals surface area contributed by atoms with Crippen LogP contribution in [-0.4, -0.2) is 29.9 Å². The molecule has 0 aromatic carbocycles. The maximum atomic E-state index is 11.1. The Kier molecular flexibility index (Phi) is 4.86. The average molecular weight is 158 g/mol. The minimum Gasteiger partial charge on any atom is -0.341 e. The smallest absolute Gasteiger partial charge is 0.222 e. The van der Waals surface area contributed by atoms with E-state index in [1.54, 1.807) is 4.90 Å². The van der Waals surface area contributed by atoms with Crippen LogP contribution in [0.15, 0.2) is 0 Å². The average Bonchev–Trinajstić information content (AvgIpc) is 1.98. The molecule has 0 rings (SSSR count). The maximum Gasteiger partial charge on any atom is 0.222 e. The summed E-state index contributed by atoms with van der Waals surface area (Å²) < 4.78 is 0. The maximum absolute atomic E-state index is 11.1. The Morgan fingerprint density at radius 2 is 2.09 bits per heavy atom. The highest BCUT2D eigenvalue weighted by atomic mass is 16.2. The second kappa shape index (κ2) is 5.13. The van der Waals surface area contributed by atoms with Crippen LogP contribution < -0.4 is 5.73 Å². The number of amides is 1. The molecule has 1 atom stereocenters. The van der Waals surface area contributed by atoms with Gasteiger partial charge < -0.3 is 10.6 Å². The number of nitrogens with zero attached hydrogens (tertiary/aromatic N) is 1. The van der Waals surface area contributed by atoms with E-state index in [9.17, 15) is 4.79 Å². The Hall–Kier alpha value is -0.570. The first kappa shape index (κ1) is 10.4. The Labute approximate surface area is 68.6 Å². The molecule has 0 spiro atoms. The number of nitrogens with two attached hydrogens (primary N) is 1. The van der Waals surface area contributed by atoms with Crippen LogP contribution in [0.5, 0.6) is 0 Å². The predicted octanol–water partition coefficient (Wildman–Crippen LogP) is 0.592. The van der Waals surface area contributed by atoms with Crippen LogP contribution in [0.4, 0.5) is 0 Å². The van der Waals surface area contributed by atoms with Gasteiger partial charge in [-0.15, -0.1) is 0 Å². The number of carbonyl (C=O) groups excluding carboxylic acids is 1. The molecule has 0 aliphatic rings. The molecule has 0 aromatic heterocycles. The molecule has 0 fully saturated rings. The molecule has 1 amide bonds. The summed E-state index contributed by atoms with van der Waals surface area (Å²) in [5.74, 6) is 0.185. The first-order valence-corrected chi connectivity index (χ1v) is 4.15. The lowest BCUT2D eigenvalue weighted by Gasteiger charge is -2.21. The van der Waals surface area contributed by atoms with Crippen LogP contribution >= 0.6 is 0 Å². The summed E-state index contributed by atoms with van der Waals surface area (Å²) in [6.45, 7) is 7.17. The van der Waals surface area contributed by atoms with E-state index in [0.717, 1.165) is 6.54 Å². The largest absolute Gasteiger partial charge is 0.341 e. The van der Waals surface area contributed by atoms with E-state index >= 15 is 0 Å². The number of carbonyl (C=O) groups is 1. The highest BCUT2D eigenvalue weighted by Crippen LogP contribution is 1.94. The molecule has 0 saturated heterocycles. The normalized spacial score (nSPS) is 12.7. The fourth-order valence-corrected chi connectivity index (χ4v) is 0.979. The van der Waals surface area contributed by atoms with Crippen molar-refractivity contribution in [2.75, 3.05) is 13.1 Å². The summed E-state index contributed by atoms with van der Waals surface area (Å²) in [6.07, 6.45) is 0.570. The molecule has 0 aromatic rings. The third-order valence-corrected chi connectivity index (χ3v) is 1.55. The zero-order chi connectivity index (χ0) is 8.85. The van der Waals surface area contributed by atoms with E-state index in [0.29, 0.717) is 13.0 Å². The zero-order valence-corrected chi connectivity index (χ0v) is 7.63. The Morgan fingerprint density at radius 1 is 1.55 bits per heavy atom. The molecule has 0 heterocycles. The van der Waals surface area contributed by atoms with E-state index in [2.05, 4.69) is 0 Å². The molecule has 3 nitrogen and oxygen atoms in total. The Bertz CT molecular complexity index is 123. The molecule has 0 aliphatic heterocycles. The summed E-state index contributed by atoms with van der Waals surface area (Å²) in [6, 6.07) is 0.0745. The Balaban J connectivity index is 3.84. The Morgan fingerprint density at radius 3 is 2.36 bits per heavy atom. The number of likely N-dealkylation sites (N-methyl/N-ethyl adjacent to an activating group) is 1. The minimum atomic E-state index is 0.0745. The minimum absolute atomic E-state index is 0.0745. The first-order valence-electron chi connectivity index (χ1n) is 4.15. The zero-order valence-electron chi connectivity index (χ0n) is 7.63. The molecule has 11 heavy (non-hydrogen) atoms. The van der Waals surface area contributed by atoms with E-state index in [1.165, 1.54) is 0 Å². The van der Waals surface area contributed by atoms with Gasteiger partial charge in [0.05, 0.1) is 0 Å². The quantitative estimate of drug-likeness (QED) is 0.651. The second-order valence-corrected chi connectivity index (χ2v) is 2.76. The van der Waals surface area contributed by atoms with Gasteiger partial charge in [-0.1, -0.05) is 6.92 Å². The number of hydrogen-bond acceptors (Lipinski definition) is 2. The van der Waals surface area contributed by atoms with Gasteiger partial charge in [-0.05, 0) is 13.8 Å². The number of hydrogen-bond donors (Lipinski definition) is 1. The highest BCUT2D eigenvalue weighted by Gasteiger charge is 2.09. The standard InChI is InChI=1S/C8H18N2O/c1-4-8(11)10(5-2)6-7(3)9/h7H,4-6,9H2,1-3H3.